The van der Waals surface area contributed by atoms with E-state index in [-0.39, 0.29) is 17.7 Å². The maximum atomic E-state index is 13.3. The standard InChI is InChI=1S/C25H29N3O4/c1-4-7-14-28-24(16-12-13-19(31-5-2)20(15-16)32-6-3)21-22(26-27-23(21)25(28)30)17-10-8-9-11-18(17)29/h8-13,15,24,29H,4-7,14H2,1-3H3,(H,26,27). The Kier molecular flexibility index (Phi) is 6.35. The van der Waals surface area contributed by atoms with Gasteiger partial charge >= 0.3 is 0 Å². The molecule has 0 saturated carbocycles. The molecule has 1 aliphatic rings. The van der Waals surface area contributed by atoms with Crippen LogP contribution in [0, 0.1) is 0 Å². The molecule has 1 amide bonds. The lowest BCUT2D eigenvalue weighted by Crippen LogP contribution is -2.30. The minimum atomic E-state index is -0.340. The Morgan fingerprint density at radius 1 is 1.06 bits per heavy atom. The molecule has 7 nitrogen and oxygen atoms in total. The van der Waals surface area contributed by atoms with Crippen molar-refractivity contribution in [1.29, 1.82) is 0 Å². The number of carbonyl (C=O) groups excluding carboxylic acids is 1. The Hall–Kier alpha value is -3.48. The molecule has 0 radical (unpaired) electrons. The summed E-state index contributed by atoms with van der Waals surface area (Å²) in [7, 11) is 0. The zero-order chi connectivity index (χ0) is 22.7. The molecule has 1 aromatic heterocycles. The number of nitrogens with zero attached hydrogens (tertiary/aromatic N) is 2. The lowest BCUT2D eigenvalue weighted by molar-refractivity contribution is 0.0741. The second kappa shape index (κ2) is 9.34. The normalized spacial score (nSPS) is 15.2. The SMILES string of the molecule is CCCCN1C(=O)c2[nH]nc(-c3ccccc3O)c2C1c1ccc(OCC)c(OCC)c1. The minimum absolute atomic E-state index is 0.0838. The Morgan fingerprint density at radius 2 is 1.81 bits per heavy atom. The molecule has 2 aromatic carbocycles. The Balaban J connectivity index is 1.86. The third-order valence-electron chi connectivity index (χ3n) is 5.66. The van der Waals surface area contributed by atoms with Crippen molar-refractivity contribution in [1.82, 2.24) is 15.1 Å². The van der Waals surface area contributed by atoms with Crippen LogP contribution in [0.4, 0.5) is 0 Å². The van der Waals surface area contributed by atoms with E-state index in [4.69, 9.17) is 9.47 Å². The lowest BCUT2D eigenvalue weighted by Gasteiger charge is -2.27. The highest BCUT2D eigenvalue weighted by atomic mass is 16.5. The van der Waals surface area contributed by atoms with Crippen molar-refractivity contribution < 1.29 is 19.4 Å². The van der Waals surface area contributed by atoms with Gasteiger partial charge in [-0.1, -0.05) is 31.5 Å². The van der Waals surface area contributed by atoms with Gasteiger partial charge in [0.15, 0.2) is 11.5 Å². The number of hydrogen-bond donors (Lipinski definition) is 2. The van der Waals surface area contributed by atoms with Gasteiger partial charge in [0.25, 0.3) is 5.91 Å². The predicted octanol–water partition coefficient (Wildman–Crippen LogP) is 4.93. The first-order valence-corrected chi connectivity index (χ1v) is 11.2. The molecule has 1 aliphatic heterocycles. The van der Waals surface area contributed by atoms with E-state index in [1.54, 1.807) is 12.1 Å². The van der Waals surface area contributed by atoms with Gasteiger partial charge in [-0.15, -0.1) is 0 Å². The van der Waals surface area contributed by atoms with Crippen LogP contribution in [0.5, 0.6) is 17.2 Å². The zero-order valence-electron chi connectivity index (χ0n) is 18.7. The number of benzene rings is 2. The number of amides is 1. The number of nitrogens with one attached hydrogen (secondary N) is 1. The number of H-pyrrole nitrogens is 1. The monoisotopic (exact) mass is 435 g/mol. The van der Waals surface area contributed by atoms with E-state index in [1.165, 1.54) is 0 Å². The number of hydrogen-bond acceptors (Lipinski definition) is 5. The van der Waals surface area contributed by atoms with Gasteiger partial charge < -0.3 is 19.5 Å². The van der Waals surface area contributed by atoms with Crippen molar-refractivity contribution in [2.45, 2.75) is 39.7 Å². The van der Waals surface area contributed by atoms with Gasteiger partial charge in [0, 0.05) is 17.7 Å². The van der Waals surface area contributed by atoms with Gasteiger partial charge in [0.2, 0.25) is 0 Å². The van der Waals surface area contributed by atoms with E-state index in [0.29, 0.717) is 48.2 Å². The molecule has 2 N–H and O–H groups in total. The number of aromatic hydroxyl groups is 1. The first kappa shape index (κ1) is 21.7. The molecule has 0 aliphatic carbocycles. The van der Waals surface area contributed by atoms with Crippen LogP contribution in [0.1, 0.15) is 61.3 Å². The van der Waals surface area contributed by atoms with Crippen LogP contribution < -0.4 is 9.47 Å². The highest BCUT2D eigenvalue weighted by molar-refractivity contribution is 6.00. The number of para-hydroxylation sites is 1. The molecule has 0 saturated heterocycles. The van der Waals surface area contributed by atoms with Gasteiger partial charge in [-0.05, 0) is 50.1 Å². The van der Waals surface area contributed by atoms with E-state index >= 15 is 0 Å². The largest absolute Gasteiger partial charge is 0.507 e. The van der Waals surface area contributed by atoms with Crippen molar-refractivity contribution >= 4 is 5.91 Å². The summed E-state index contributed by atoms with van der Waals surface area (Å²) < 4.78 is 11.6. The molecule has 0 spiro atoms. The molecule has 1 unspecified atom stereocenters. The van der Waals surface area contributed by atoms with Crippen LogP contribution >= 0.6 is 0 Å². The third kappa shape index (κ3) is 3.79. The second-order valence-corrected chi connectivity index (χ2v) is 7.70. The summed E-state index contributed by atoms with van der Waals surface area (Å²) in [6, 6.07) is 12.5. The molecule has 0 fully saturated rings. The fraction of sp³-hybridized carbons (Fsp3) is 0.360. The zero-order valence-corrected chi connectivity index (χ0v) is 18.7. The number of phenolic OH excluding ortho intramolecular Hbond substituents is 1. The van der Waals surface area contributed by atoms with E-state index in [2.05, 4.69) is 17.1 Å². The van der Waals surface area contributed by atoms with E-state index < -0.39 is 0 Å². The number of ether oxygens (including phenoxy) is 2. The Morgan fingerprint density at radius 3 is 2.53 bits per heavy atom. The molecule has 3 aromatic rings. The summed E-state index contributed by atoms with van der Waals surface area (Å²) in [5.74, 6) is 1.37. The van der Waals surface area contributed by atoms with Crippen molar-refractivity contribution in [3.8, 4) is 28.5 Å². The number of carbonyl (C=O) groups is 1. The van der Waals surface area contributed by atoms with Crippen LogP contribution in [-0.4, -0.2) is 45.9 Å². The van der Waals surface area contributed by atoms with Crippen molar-refractivity contribution in [3.63, 3.8) is 0 Å². The van der Waals surface area contributed by atoms with Crippen LogP contribution in [0.3, 0.4) is 0 Å². The molecule has 4 rings (SSSR count). The second-order valence-electron chi connectivity index (χ2n) is 7.70. The van der Waals surface area contributed by atoms with E-state index in [1.807, 2.05) is 49.1 Å². The molecule has 1 atom stereocenters. The fourth-order valence-electron chi connectivity index (χ4n) is 4.22. The summed E-state index contributed by atoms with van der Waals surface area (Å²) in [6.45, 7) is 7.63. The quantitative estimate of drug-likeness (QED) is 0.498. The molecule has 32 heavy (non-hydrogen) atoms. The first-order valence-electron chi connectivity index (χ1n) is 11.2. The minimum Gasteiger partial charge on any atom is -0.507 e. The highest BCUT2D eigenvalue weighted by Crippen LogP contribution is 2.45. The van der Waals surface area contributed by atoms with Gasteiger partial charge in [0.1, 0.15) is 17.1 Å². The van der Waals surface area contributed by atoms with Crippen LogP contribution in [0.2, 0.25) is 0 Å². The molecule has 7 heteroatoms. The van der Waals surface area contributed by atoms with E-state index in [9.17, 15) is 9.90 Å². The maximum absolute atomic E-state index is 13.3. The van der Waals surface area contributed by atoms with Crippen molar-refractivity contribution in [2.24, 2.45) is 0 Å². The lowest BCUT2D eigenvalue weighted by atomic mass is 9.95. The average Bonchev–Trinajstić information content (AvgIpc) is 3.33. The summed E-state index contributed by atoms with van der Waals surface area (Å²) in [4.78, 5) is 15.2. The molecule has 0 bridgehead atoms. The van der Waals surface area contributed by atoms with Gasteiger partial charge in [-0.3, -0.25) is 9.89 Å². The summed E-state index contributed by atoms with van der Waals surface area (Å²) in [5.41, 5.74) is 3.34. The van der Waals surface area contributed by atoms with E-state index in [0.717, 1.165) is 24.0 Å². The van der Waals surface area contributed by atoms with Crippen molar-refractivity contribution in [3.05, 3.63) is 59.3 Å². The van der Waals surface area contributed by atoms with Crippen LogP contribution in [0.15, 0.2) is 42.5 Å². The molecule has 2 heterocycles. The summed E-state index contributed by atoms with van der Waals surface area (Å²) in [5, 5.41) is 17.8. The molecule has 168 valence electrons. The molecular weight excluding hydrogens is 406 g/mol. The number of unbranched alkanes of at least 4 members (excludes halogenated alkanes) is 1. The number of aromatic amines is 1. The number of rotatable bonds is 9. The summed E-state index contributed by atoms with van der Waals surface area (Å²) in [6.07, 6.45) is 1.86. The van der Waals surface area contributed by atoms with Crippen LogP contribution in [0.25, 0.3) is 11.3 Å². The summed E-state index contributed by atoms with van der Waals surface area (Å²) >= 11 is 0. The van der Waals surface area contributed by atoms with Crippen molar-refractivity contribution in [2.75, 3.05) is 19.8 Å². The Labute approximate surface area is 188 Å². The predicted molar refractivity (Wildman–Crippen MR) is 122 cm³/mol. The maximum Gasteiger partial charge on any atom is 0.273 e. The fourth-order valence-corrected chi connectivity index (χ4v) is 4.22. The highest BCUT2D eigenvalue weighted by Gasteiger charge is 2.42. The number of aromatic nitrogens is 2. The average molecular weight is 436 g/mol. The number of phenols is 1. The Bertz CT molecular complexity index is 1110. The molecular formula is C25H29N3O4. The van der Waals surface area contributed by atoms with Gasteiger partial charge in [-0.25, -0.2) is 0 Å². The smallest absolute Gasteiger partial charge is 0.273 e. The topological polar surface area (TPSA) is 87.7 Å². The van der Waals surface area contributed by atoms with Gasteiger partial charge in [0.05, 0.1) is 19.3 Å². The van der Waals surface area contributed by atoms with Crippen LogP contribution in [-0.2, 0) is 0 Å². The first-order chi connectivity index (χ1) is 15.6. The van der Waals surface area contributed by atoms with Gasteiger partial charge in [-0.2, -0.15) is 5.10 Å². The number of fused-ring (bicyclic) bond motifs is 1. The third-order valence-corrected chi connectivity index (χ3v) is 5.66.